The molecular weight excluding hydrogens is 253 g/mol. The summed E-state index contributed by atoms with van der Waals surface area (Å²) in [6.07, 6.45) is 2.61. The molecule has 0 aliphatic heterocycles. The molecule has 0 aliphatic carbocycles. The molecule has 1 amide bonds. The fourth-order valence-corrected chi connectivity index (χ4v) is 2.36. The average Bonchev–Trinajstić information content (AvgIpc) is 2.46. The van der Waals surface area contributed by atoms with E-state index >= 15 is 0 Å². The van der Waals surface area contributed by atoms with Crippen LogP contribution in [0.1, 0.15) is 52.5 Å². The molecule has 1 aromatic rings. The lowest BCUT2D eigenvalue weighted by molar-refractivity contribution is -0.122. The zero-order chi connectivity index (χ0) is 15.3. The normalized spacial score (nSPS) is 12.6. The maximum absolute atomic E-state index is 13.4. The van der Waals surface area contributed by atoms with Crippen LogP contribution in [0.25, 0.3) is 0 Å². The van der Waals surface area contributed by atoms with Gasteiger partial charge in [0.05, 0.1) is 0 Å². The second-order valence-electron chi connectivity index (χ2n) is 5.42. The standard InChI is InChI=1S/C17H26FNO/c1-6-12(4)17(20)19(14(7-2)8-3)15-9-10-16(18)13(5)11-15/h9-12,14H,6-8H2,1-5H3. The molecule has 0 fully saturated rings. The molecule has 0 N–H and O–H groups in total. The van der Waals surface area contributed by atoms with Crippen molar-refractivity contribution in [2.24, 2.45) is 5.92 Å². The maximum atomic E-state index is 13.4. The number of hydrogen-bond acceptors (Lipinski definition) is 1. The molecule has 20 heavy (non-hydrogen) atoms. The van der Waals surface area contributed by atoms with Gasteiger partial charge in [-0.1, -0.05) is 27.7 Å². The third-order valence-corrected chi connectivity index (χ3v) is 4.00. The molecule has 112 valence electrons. The second kappa shape index (κ2) is 7.41. The van der Waals surface area contributed by atoms with Gasteiger partial charge in [-0.2, -0.15) is 0 Å². The quantitative estimate of drug-likeness (QED) is 0.739. The Hall–Kier alpha value is -1.38. The van der Waals surface area contributed by atoms with Gasteiger partial charge in [0.25, 0.3) is 0 Å². The summed E-state index contributed by atoms with van der Waals surface area (Å²) in [5.74, 6) is -0.109. The third-order valence-electron chi connectivity index (χ3n) is 4.00. The minimum Gasteiger partial charge on any atom is -0.309 e. The molecule has 0 bridgehead atoms. The van der Waals surface area contributed by atoms with Crippen molar-refractivity contribution < 1.29 is 9.18 Å². The van der Waals surface area contributed by atoms with Crippen LogP contribution in [-0.2, 0) is 4.79 Å². The van der Waals surface area contributed by atoms with Crippen molar-refractivity contribution in [3.8, 4) is 0 Å². The number of anilines is 1. The summed E-state index contributed by atoms with van der Waals surface area (Å²) < 4.78 is 13.4. The zero-order valence-corrected chi connectivity index (χ0v) is 13.2. The van der Waals surface area contributed by atoms with Gasteiger partial charge in [-0.3, -0.25) is 4.79 Å². The summed E-state index contributed by atoms with van der Waals surface area (Å²) in [5, 5.41) is 0. The Bertz CT molecular complexity index is 454. The van der Waals surface area contributed by atoms with Crippen molar-refractivity contribution in [3.05, 3.63) is 29.6 Å². The predicted molar refractivity (Wildman–Crippen MR) is 82.4 cm³/mol. The van der Waals surface area contributed by atoms with E-state index < -0.39 is 0 Å². The van der Waals surface area contributed by atoms with E-state index in [9.17, 15) is 9.18 Å². The number of hydrogen-bond donors (Lipinski definition) is 0. The van der Waals surface area contributed by atoms with E-state index in [-0.39, 0.29) is 23.7 Å². The smallest absolute Gasteiger partial charge is 0.230 e. The highest BCUT2D eigenvalue weighted by Crippen LogP contribution is 2.25. The van der Waals surface area contributed by atoms with Crippen molar-refractivity contribution in [3.63, 3.8) is 0 Å². The molecular formula is C17H26FNO. The summed E-state index contributed by atoms with van der Waals surface area (Å²) in [7, 11) is 0. The van der Waals surface area contributed by atoms with Crippen molar-refractivity contribution >= 4 is 11.6 Å². The molecule has 1 unspecified atom stereocenters. The van der Waals surface area contributed by atoms with Gasteiger partial charge >= 0.3 is 0 Å². The van der Waals surface area contributed by atoms with Crippen molar-refractivity contribution in [1.29, 1.82) is 0 Å². The zero-order valence-electron chi connectivity index (χ0n) is 13.2. The molecule has 2 nitrogen and oxygen atoms in total. The number of carbonyl (C=O) groups is 1. The number of aryl methyl sites for hydroxylation is 1. The molecule has 3 heteroatoms. The Kier molecular flexibility index (Phi) is 6.18. The van der Waals surface area contributed by atoms with Crippen LogP contribution in [0.15, 0.2) is 18.2 Å². The molecule has 0 heterocycles. The van der Waals surface area contributed by atoms with Gasteiger partial charge in [0, 0.05) is 17.6 Å². The van der Waals surface area contributed by atoms with Gasteiger partial charge < -0.3 is 4.90 Å². The monoisotopic (exact) mass is 279 g/mol. The van der Waals surface area contributed by atoms with Crippen LogP contribution in [-0.4, -0.2) is 11.9 Å². The lowest BCUT2D eigenvalue weighted by Gasteiger charge is -2.33. The summed E-state index contributed by atoms with van der Waals surface area (Å²) in [6, 6.07) is 5.10. The summed E-state index contributed by atoms with van der Waals surface area (Å²) in [6.45, 7) is 9.87. The lowest BCUT2D eigenvalue weighted by Crippen LogP contribution is -2.42. The lowest BCUT2D eigenvalue weighted by atomic mass is 10.0. The Morgan fingerprint density at radius 2 is 1.80 bits per heavy atom. The molecule has 0 saturated carbocycles. The van der Waals surface area contributed by atoms with Gasteiger partial charge in [0.15, 0.2) is 0 Å². The van der Waals surface area contributed by atoms with Gasteiger partial charge in [0.1, 0.15) is 5.82 Å². The first-order valence-corrected chi connectivity index (χ1v) is 7.55. The fourth-order valence-electron chi connectivity index (χ4n) is 2.36. The maximum Gasteiger partial charge on any atom is 0.230 e. The van der Waals surface area contributed by atoms with Crippen molar-refractivity contribution in [2.75, 3.05) is 4.90 Å². The number of rotatable bonds is 6. The topological polar surface area (TPSA) is 20.3 Å². The van der Waals surface area contributed by atoms with E-state index in [1.54, 1.807) is 19.1 Å². The number of carbonyl (C=O) groups excluding carboxylic acids is 1. The van der Waals surface area contributed by atoms with Crippen molar-refractivity contribution in [1.82, 2.24) is 0 Å². The van der Waals surface area contributed by atoms with Crippen LogP contribution < -0.4 is 4.90 Å². The van der Waals surface area contributed by atoms with Gasteiger partial charge in [-0.15, -0.1) is 0 Å². The third kappa shape index (κ3) is 3.59. The highest BCUT2D eigenvalue weighted by atomic mass is 19.1. The van der Waals surface area contributed by atoms with Crippen LogP contribution in [0.3, 0.4) is 0 Å². The number of amides is 1. The first kappa shape index (κ1) is 16.7. The average molecular weight is 279 g/mol. The number of nitrogens with zero attached hydrogens (tertiary/aromatic N) is 1. The number of benzene rings is 1. The van der Waals surface area contributed by atoms with Crippen LogP contribution in [0.4, 0.5) is 10.1 Å². The van der Waals surface area contributed by atoms with E-state index in [0.717, 1.165) is 24.9 Å². The first-order valence-electron chi connectivity index (χ1n) is 7.55. The SMILES string of the molecule is CCC(C)C(=O)N(c1ccc(F)c(C)c1)C(CC)CC. The molecule has 0 spiro atoms. The van der Waals surface area contributed by atoms with Gasteiger partial charge in [-0.25, -0.2) is 4.39 Å². The van der Waals surface area contributed by atoms with Crippen LogP contribution in [0.2, 0.25) is 0 Å². The Morgan fingerprint density at radius 3 is 2.25 bits per heavy atom. The minimum absolute atomic E-state index is 0.0130. The van der Waals surface area contributed by atoms with Crippen LogP contribution >= 0.6 is 0 Å². The Morgan fingerprint density at radius 1 is 1.20 bits per heavy atom. The Labute approximate surface area is 122 Å². The highest BCUT2D eigenvalue weighted by Gasteiger charge is 2.26. The van der Waals surface area contributed by atoms with E-state index in [1.807, 2.05) is 18.7 Å². The molecule has 1 aromatic carbocycles. The molecule has 0 aromatic heterocycles. The molecule has 0 radical (unpaired) electrons. The van der Waals surface area contributed by atoms with E-state index in [4.69, 9.17) is 0 Å². The molecule has 1 atom stereocenters. The van der Waals surface area contributed by atoms with Gasteiger partial charge in [0.2, 0.25) is 5.91 Å². The highest BCUT2D eigenvalue weighted by molar-refractivity contribution is 5.95. The van der Waals surface area contributed by atoms with E-state index in [1.165, 1.54) is 6.07 Å². The number of halogens is 1. The van der Waals surface area contributed by atoms with E-state index in [0.29, 0.717) is 5.56 Å². The van der Waals surface area contributed by atoms with Gasteiger partial charge in [-0.05, 0) is 49.9 Å². The molecule has 1 rings (SSSR count). The van der Waals surface area contributed by atoms with E-state index in [2.05, 4.69) is 13.8 Å². The fraction of sp³-hybridized carbons (Fsp3) is 0.588. The molecule has 0 aliphatic rings. The predicted octanol–water partition coefficient (Wildman–Crippen LogP) is 4.70. The largest absolute Gasteiger partial charge is 0.309 e. The summed E-state index contributed by atoms with van der Waals surface area (Å²) in [5.41, 5.74) is 1.39. The minimum atomic E-state index is -0.228. The second-order valence-corrected chi connectivity index (χ2v) is 5.42. The first-order chi connectivity index (χ1) is 9.46. The summed E-state index contributed by atoms with van der Waals surface area (Å²) >= 11 is 0. The van der Waals surface area contributed by atoms with Crippen LogP contribution in [0.5, 0.6) is 0 Å². The molecule has 0 saturated heterocycles. The Balaban J connectivity index is 3.21. The van der Waals surface area contributed by atoms with Crippen molar-refractivity contribution in [2.45, 2.75) is 59.9 Å². The van der Waals surface area contributed by atoms with Crippen LogP contribution in [0, 0.1) is 18.7 Å². The summed E-state index contributed by atoms with van der Waals surface area (Å²) in [4.78, 5) is 14.5.